The van der Waals surface area contributed by atoms with E-state index in [-0.39, 0.29) is 0 Å². The van der Waals surface area contributed by atoms with Crippen molar-refractivity contribution < 1.29 is 4.39 Å². The molecule has 2 aliphatic heterocycles. The van der Waals surface area contributed by atoms with Gasteiger partial charge in [-0.25, -0.2) is 4.98 Å². The summed E-state index contributed by atoms with van der Waals surface area (Å²) in [5.41, 5.74) is 3.24. The Balaban J connectivity index is 1.66. The summed E-state index contributed by atoms with van der Waals surface area (Å²) >= 11 is 0. The van der Waals surface area contributed by atoms with Gasteiger partial charge in [-0.1, -0.05) is 0 Å². The first kappa shape index (κ1) is 12.9. The van der Waals surface area contributed by atoms with Crippen molar-refractivity contribution in [1.29, 1.82) is 0 Å². The van der Waals surface area contributed by atoms with Crippen LogP contribution in [0.4, 0.5) is 4.39 Å². The van der Waals surface area contributed by atoms with Gasteiger partial charge in [-0.15, -0.1) is 0 Å². The normalized spacial score (nSPS) is 28.2. The summed E-state index contributed by atoms with van der Waals surface area (Å²) in [6.45, 7) is 0. The van der Waals surface area contributed by atoms with E-state index in [0.29, 0.717) is 12.0 Å². The average molecular weight is 283 g/mol. The molecule has 0 radical (unpaired) electrons. The Morgan fingerprint density at radius 1 is 1.14 bits per heavy atom. The Hall–Kier alpha value is -1.81. The number of hydrogen-bond acceptors (Lipinski definition) is 3. The lowest BCUT2D eigenvalue weighted by Gasteiger charge is -2.22. The lowest BCUT2D eigenvalue weighted by Crippen LogP contribution is -2.25. The highest BCUT2D eigenvalue weighted by Crippen LogP contribution is 2.45. The van der Waals surface area contributed by atoms with Gasteiger partial charge in [-0.2, -0.15) is 4.39 Å². The summed E-state index contributed by atoms with van der Waals surface area (Å²) in [4.78, 5) is 10.7. The van der Waals surface area contributed by atoms with Crippen molar-refractivity contribution in [3.05, 3.63) is 48.3 Å². The molecule has 0 aliphatic carbocycles. The minimum atomic E-state index is -0.447. The fraction of sp³-hybridized carbons (Fsp3) is 0.412. The number of hydrogen-bond donors (Lipinski definition) is 0. The lowest BCUT2D eigenvalue weighted by molar-refractivity contribution is 0.307. The summed E-state index contributed by atoms with van der Waals surface area (Å²) in [5.74, 6) is 0.132. The number of rotatable bonds is 2. The number of halogens is 1. The molecule has 2 fully saturated rings. The SMILES string of the molecule is CN1[C@@H]2CC[C@H]1[C@H](c1cncc(-c3ccc(F)nc3)c1)C2. The van der Waals surface area contributed by atoms with Crippen LogP contribution in [0, 0.1) is 5.95 Å². The molecule has 0 aromatic carbocycles. The van der Waals surface area contributed by atoms with Crippen molar-refractivity contribution in [2.24, 2.45) is 0 Å². The molecule has 21 heavy (non-hydrogen) atoms. The predicted molar refractivity (Wildman–Crippen MR) is 79.4 cm³/mol. The molecule has 4 rings (SSSR count). The van der Waals surface area contributed by atoms with E-state index < -0.39 is 5.95 Å². The van der Waals surface area contributed by atoms with Crippen LogP contribution in [-0.4, -0.2) is 34.0 Å². The second-order valence-corrected chi connectivity index (χ2v) is 6.18. The van der Waals surface area contributed by atoms with Gasteiger partial charge in [0.15, 0.2) is 0 Å². The first-order chi connectivity index (χ1) is 10.2. The third kappa shape index (κ3) is 2.14. The minimum absolute atomic E-state index is 0.447. The highest BCUT2D eigenvalue weighted by Gasteiger charge is 2.44. The molecule has 0 N–H and O–H groups in total. The average Bonchev–Trinajstić information content (AvgIpc) is 3.03. The van der Waals surface area contributed by atoms with Gasteiger partial charge in [0.05, 0.1) is 0 Å². The second kappa shape index (κ2) is 4.88. The number of likely N-dealkylation sites (N-methyl/N-ethyl adjacent to an activating group) is 1. The van der Waals surface area contributed by atoms with Crippen LogP contribution in [0.1, 0.15) is 30.7 Å². The third-order valence-corrected chi connectivity index (χ3v) is 5.13. The van der Waals surface area contributed by atoms with Crippen molar-refractivity contribution in [2.45, 2.75) is 37.3 Å². The molecular formula is C17H18FN3. The fourth-order valence-electron chi connectivity index (χ4n) is 3.98. The maximum Gasteiger partial charge on any atom is 0.212 e. The van der Waals surface area contributed by atoms with Crippen LogP contribution < -0.4 is 0 Å². The summed E-state index contributed by atoms with van der Waals surface area (Å²) in [6.07, 6.45) is 9.23. The zero-order chi connectivity index (χ0) is 14.4. The summed E-state index contributed by atoms with van der Waals surface area (Å²) in [6, 6.07) is 6.74. The smallest absolute Gasteiger partial charge is 0.212 e. The van der Waals surface area contributed by atoms with Gasteiger partial charge < -0.3 is 0 Å². The summed E-state index contributed by atoms with van der Waals surface area (Å²) in [7, 11) is 2.24. The van der Waals surface area contributed by atoms with Crippen molar-refractivity contribution in [3.63, 3.8) is 0 Å². The van der Waals surface area contributed by atoms with Crippen LogP contribution >= 0.6 is 0 Å². The van der Waals surface area contributed by atoms with Gasteiger partial charge in [0.25, 0.3) is 0 Å². The number of pyridine rings is 2. The van der Waals surface area contributed by atoms with Crippen molar-refractivity contribution in [1.82, 2.24) is 14.9 Å². The van der Waals surface area contributed by atoms with Crippen molar-refractivity contribution in [2.75, 3.05) is 7.05 Å². The van der Waals surface area contributed by atoms with Crippen LogP contribution in [0.15, 0.2) is 36.8 Å². The van der Waals surface area contributed by atoms with Crippen molar-refractivity contribution in [3.8, 4) is 11.1 Å². The van der Waals surface area contributed by atoms with Gasteiger partial charge >= 0.3 is 0 Å². The predicted octanol–water partition coefficient (Wildman–Crippen LogP) is 3.23. The van der Waals surface area contributed by atoms with Crippen LogP contribution in [0.2, 0.25) is 0 Å². The van der Waals surface area contributed by atoms with E-state index in [2.05, 4.69) is 28.0 Å². The van der Waals surface area contributed by atoms with Crippen LogP contribution in [0.3, 0.4) is 0 Å². The Bertz CT molecular complexity index is 655. The molecule has 0 unspecified atom stereocenters. The Kier molecular flexibility index (Phi) is 3.00. The largest absolute Gasteiger partial charge is 0.300 e. The monoisotopic (exact) mass is 283 g/mol. The molecule has 3 nitrogen and oxygen atoms in total. The Morgan fingerprint density at radius 2 is 2.05 bits per heavy atom. The number of aromatic nitrogens is 2. The van der Waals surface area contributed by atoms with E-state index >= 15 is 0 Å². The summed E-state index contributed by atoms with van der Waals surface area (Å²) < 4.78 is 12.9. The second-order valence-electron chi connectivity index (χ2n) is 6.18. The van der Waals surface area contributed by atoms with Gasteiger partial charge in [-0.05, 0) is 50.1 Å². The molecule has 0 amide bonds. The van der Waals surface area contributed by atoms with Gasteiger partial charge in [-0.3, -0.25) is 9.88 Å². The molecule has 3 atom stereocenters. The first-order valence-corrected chi connectivity index (χ1v) is 7.51. The molecule has 2 bridgehead atoms. The molecule has 4 heteroatoms. The fourth-order valence-corrected chi connectivity index (χ4v) is 3.98. The molecule has 4 heterocycles. The minimum Gasteiger partial charge on any atom is -0.300 e. The molecule has 2 aromatic heterocycles. The first-order valence-electron chi connectivity index (χ1n) is 7.51. The maximum atomic E-state index is 12.9. The van der Waals surface area contributed by atoms with Crippen LogP contribution in [0.25, 0.3) is 11.1 Å². The highest BCUT2D eigenvalue weighted by molar-refractivity contribution is 5.62. The quantitative estimate of drug-likeness (QED) is 0.792. The highest BCUT2D eigenvalue weighted by atomic mass is 19.1. The van der Waals surface area contributed by atoms with Crippen molar-refractivity contribution >= 4 is 0 Å². The van der Waals surface area contributed by atoms with Gasteiger partial charge in [0.1, 0.15) is 0 Å². The maximum absolute atomic E-state index is 12.9. The summed E-state index contributed by atoms with van der Waals surface area (Å²) in [5, 5.41) is 0. The molecular weight excluding hydrogens is 265 g/mol. The molecule has 108 valence electrons. The molecule has 0 spiro atoms. The lowest BCUT2D eigenvalue weighted by atomic mass is 9.84. The molecule has 0 saturated carbocycles. The molecule has 2 saturated heterocycles. The van der Waals surface area contributed by atoms with E-state index in [1.807, 2.05) is 12.4 Å². The van der Waals surface area contributed by atoms with E-state index in [1.165, 1.54) is 30.9 Å². The zero-order valence-corrected chi connectivity index (χ0v) is 12.0. The molecule has 2 aromatic rings. The third-order valence-electron chi connectivity index (χ3n) is 5.13. The molecule has 2 aliphatic rings. The van der Waals surface area contributed by atoms with E-state index in [0.717, 1.165) is 17.2 Å². The Morgan fingerprint density at radius 3 is 2.71 bits per heavy atom. The van der Waals surface area contributed by atoms with E-state index in [9.17, 15) is 4.39 Å². The Labute approximate surface area is 123 Å². The van der Waals surface area contributed by atoms with Crippen LogP contribution in [-0.2, 0) is 0 Å². The van der Waals surface area contributed by atoms with E-state index in [1.54, 1.807) is 12.3 Å². The van der Waals surface area contributed by atoms with Gasteiger partial charge in [0, 0.05) is 47.7 Å². The van der Waals surface area contributed by atoms with E-state index in [4.69, 9.17) is 0 Å². The zero-order valence-electron chi connectivity index (χ0n) is 12.0. The number of fused-ring (bicyclic) bond motifs is 2. The van der Waals surface area contributed by atoms with Crippen LogP contribution in [0.5, 0.6) is 0 Å². The van der Waals surface area contributed by atoms with Gasteiger partial charge in [0.2, 0.25) is 5.95 Å². The topological polar surface area (TPSA) is 29.0 Å². The number of nitrogens with zero attached hydrogens (tertiary/aromatic N) is 3. The standard InChI is InChI=1S/C17H18FN3/c1-21-14-3-4-16(21)15(7-14)13-6-12(8-19-9-13)11-2-5-17(18)20-10-11/h2,5-6,8-10,14-16H,3-4,7H2,1H3/t14-,15+,16+/m1/s1.